The topological polar surface area (TPSA) is 52.6 Å². The molecule has 0 bridgehead atoms. The molecule has 1 fully saturated rings. The van der Waals surface area contributed by atoms with Gasteiger partial charge in [-0.2, -0.15) is 0 Å². The van der Waals surface area contributed by atoms with Crippen molar-refractivity contribution in [3.05, 3.63) is 33.6 Å². The first-order valence-electron chi connectivity index (χ1n) is 6.77. The van der Waals surface area contributed by atoms with Crippen LogP contribution in [0.25, 0.3) is 0 Å². The first kappa shape index (κ1) is 16.3. The molecule has 2 atom stereocenters. The van der Waals surface area contributed by atoms with Crippen molar-refractivity contribution in [2.75, 3.05) is 13.1 Å². The van der Waals surface area contributed by atoms with Gasteiger partial charge in [0.05, 0.1) is 17.2 Å². The first-order chi connectivity index (χ1) is 9.90. The van der Waals surface area contributed by atoms with Crippen LogP contribution in [-0.4, -0.2) is 35.2 Å². The Morgan fingerprint density at radius 2 is 2.24 bits per heavy atom. The summed E-state index contributed by atoms with van der Waals surface area (Å²) in [5.74, 6) is -0.578. The van der Waals surface area contributed by atoms with Crippen LogP contribution in [0.1, 0.15) is 31.4 Å². The molecule has 1 aromatic carbocycles. The molecule has 2 rings (SSSR count). The van der Waals surface area contributed by atoms with Gasteiger partial charge < -0.3 is 15.3 Å². The normalized spacial score (nSPS) is 20.2. The molecule has 1 heterocycles. The molecule has 0 radical (unpaired) electrons. The van der Waals surface area contributed by atoms with Crippen LogP contribution in [-0.2, 0) is 0 Å². The molecule has 4 nitrogen and oxygen atoms in total. The second-order valence-electron chi connectivity index (χ2n) is 5.17. The van der Waals surface area contributed by atoms with E-state index < -0.39 is 18.0 Å². The number of hydrogen-bond donors (Lipinski definition) is 2. The fraction of sp³-hybridized carbons (Fsp3) is 0.500. The molecule has 2 N–H and O–H groups in total. The number of amides is 2. The Morgan fingerprint density at radius 3 is 2.90 bits per heavy atom. The number of urea groups is 1. The Bertz CT molecular complexity index is 542. The second-order valence-corrected chi connectivity index (χ2v) is 5.96. The maximum atomic E-state index is 13.5. The monoisotopic (exact) mass is 334 g/mol. The number of nitrogens with zero attached hydrogens (tertiary/aromatic N) is 1. The number of piperidine rings is 1. The summed E-state index contributed by atoms with van der Waals surface area (Å²) in [7, 11) is 0. The van der Waals surface area contributed by atoms with Gasteiger partial charge in [-0.05, 0) is 31.9 Å². The molecule has 1 saturated heterocycles. The van der Waals surface area contributed by atoms with Crippen LogP contribution in [0.3, 0.4) is 0 Å². The highest BCUT2D eigenvalue weighted by Crippen LogP contribution is 2.32. The van der Waals surface area contributed by atoms with Crippen molar-refractivity contribution in [1.82, 2.24) is 10.2 Å². The molecule has 21 heavy (non-hydrogen) atoms. The van der Waals surface area contributed by atoms with Crippen LogP contribution in [0.5, 0.6) is 0 Å². The molecule has 0 spiro atoms. The quantitative estimate of drug-likeness (QED) is 0.815. The van der Waals surface area contributed by atoms with Gasteiger partial charge in [-0.3, -0.25) is 0 Å². The minimum Gasteiger partial charge on any atom is -0.391 e. The number of β-amino-alcohol motifs (C(OH)–C–C–N with tert-alkyl or cyclic N) is 1. The second kappa shape index (κ2) is 6.81. The van der Waals surface area contributed by atoms with Crippen molar-refractivity contribution in [3.8, 4) is 0 Å². The predicted octanol–water partition coefficient (Wildman–Crippen LogP) is 3.36. The lowest BCUT2D eigenvalue weighted by Crippen LogP contribution is -2.47. The smallest absolute Gasteiger partial charge is 0.317 e. The van der Waals surface area contributed by atoms with Gasteiger partial charge in [0.1, 0.15) is 5.82 Å². The van der Waals surface area contributed by atoms with Crippen LogP contribution in [0, 0.1) is 5.82 Å². The summed E-state index contributed by atoms with van der Waals surface area (Å²) in [6.07, 6.45) is 0.951. The summed E-state index contributed by atoms with van der Waals surface area (Å²) in [6, 6.07) is 1.74. The number of nitrogens with one attached hydrogen (secondary N) is 1. The lowest BCUT2D eigenvalue weighted by molar-refractivity contribution is 0.0835. The molecule has 0 aromatic heterocycles. The number of likely N-dealkylation sites (tertiary alicyclic amines) is 1. The van der Waals surface area contributed by atoms with Gasteiger partial charge in [0.15, 0.2) is 0 Å². The minimum atomic E-state index is -0.578. The fourth-order valence-electron chi connectivity index (χ4n) is 2.43. The Morgan fingerprint density at radius 1 is 1.52 bits per heavy atom. The molecule has 1 aliphatic rings. The number of carbonyl (C=O) groups excluding carboxylic acids is 1. The highest BCUT2D eigenvalue weighted by Gasteiger charge is 2.25. The number of rotatable bonds is 2. The summed E-state index contributed by atoms with van der Waals surface area (Å²) in [5.41, 5.74) is 0.351. The van der Waals surface area contributed by atoms with Gasteiger partial charge in [0.2, 0.25) is 0 Å². The average Bonchev–Trinajstić information content (AvgIpc) is 2.43. The van der Waals surface area contributed by atoms with Crippen LogP contribution in [0.15, 0.2) is 12.1 Å². The Kier molecular flexibility index (Phi) is 5.30. The third-order valence-corrected chi connectivity index (χ3v) is 4.25. The van der Waals surface area contributed by atoms with Crippen LogP contribution >= 0.6 is 23.2 Å². The standard InChI is InChI=1S/C14H17Cl2FN2O2/c1-8(12-10(15)4-5-11(17)13(12)16)18-14(21)19-6-2-3-9(20)7-19/h4-5,8-9,20H,2-3,6-7H2,1H3,(H,18,21). The van der Waals surface area contributed by atoms with E-state index in [4.69, 9.17) is 23.2 Å². The molecule has 0 saturated carbocycles. The van der Waals surface area contributed by atoms with Gasteiger partial charge >= 0.3 is 6.03 Å². The number of aliphatic hydroxyl groups is 1. The molecule has 0 aliphatic carbocycles. The van der Waals surface area contributed by atoms with Crippen LogP contribution < -0.4 is 5.32 Å². The molecular formula is C14H17Cl2FN2O2. The zero-order valence-electron chi connectivity index (χ0n) is 11.6. The third-order valence-electron chi connectivity index (χ3n) is 3.54. The van der Waals surface area contributed by atoms with E-state index in [1.54, 1.807) is 6.92 Å². The van der Waals surface area contributed by atoms with Gasteiger partial charge in [-0.1, -0.05) is 23.2 Å². The van der Waals surface area contributed by atoms with E-state index >= 15 is 0 Å². The number of hydrogen-bond acceptors (Lipinski definition) is 2. The van der Waals surface area contributed by atoms with Crippen LogP contribution in [0.4, 0.5) is 9.18 Å². The Labute approximate surface area is 132 Å². The van der Waals surface area contributed by atoms with Gasteiger partial charge in [0, 0.05) is 23.7 Å². The molecule has 116 valence electrons. The average molecular weight is 335 g/mol. The van der Waals surface area contributed by atoms with Crippen molar-refractivity contribution in [2.45, 2.75) is 31.9 Å². The lowest BCUT2D eigenvalue weighted by Gasteiger charge is -2.31. The van der Waals surface area contributed by atoms with Crippen molar-refractivity contribution in [1.29, 1.82) is 0 Å². The molecule has 2 unspecified atom stereocenters. The highest BCUT2D eigenvalue weighted by atomic mass is 35.5. The number of carbonyl (C=O) groups is 1. The van der Waals surface area contributed by atoms with Crippen molar-refractivity contribution >= 4 is 29.2 Å². The summed E-state index contributed by atoms with van der Waals surface area (Å²) < 4.78 is 13.5. The van der Waals surface area contributed by atoms with E-state index in [1.165, 1.54) is 17.0 Å². The van der Waals surface area contributed by atoms with Gasteiger partial charge in [-0.25, -0.2) is 9.18 Å². The summed E-state index contributed by atoms with van der Waals surface area (Å²) in [6.45, 7) is 2.56. The highest BCUT2D eigenvalue weighted by molar-refractivity contribution is 6.36. The van der Waals surface area contributed by atoms with Crippen molar-refractivity contribution < 1.29 is 14.3 Å². The fourth-order valence-corrected chi connectivity index (χ4v) is 3.13. The van der Waals surface area contributed by atoms with E-state index in [9.17, 15) is 14.3 Å². The number of benzene rings is 1. The molecule has 2 amide bonds. The van der Waals surface area contributed by atoms with Gasteiger partial charge in [0.25, 0.3) is 0 Å². The summed E-state index contributed by atoms with van der Waals surface area (Å²) in [4.78, 5) is 13.7. The number of aliphatic hydroxyl groups excluding tert-OH is 1. The molecular weight excluding hydrogens is 318 g/mol. The summed E-state index contributed by atoms with van der Waals surface area (Å²) >= 11 is 12.0. The molecule has 7 heteroatoms. The van der Waals surface area contributed by atoms with Crippen molar-refractivity contribution in [3.63, 3.8) is 0 Å². The minimum absolute atomic E-state index is 0.0889. The Hall–Kier alpha value is -1.04. The largest absolute Gasteiger partial charge is 0.391 e. The van der Waals surface area contributed by atoms with Crippen LogP contribution in [0.2, 0.25) is 10.0 Å². The maximum Gasteiger partial charge on any atom is 0.317 e. The third kappa shape index (κ3) is 3.78. The first-order valence-corrected chi connectivity index (χ1v) is 7.52. The van der Waals surface area contributed by atoms with Crippen molar-refractivity contribution in [2.24, 2.45) is 0 Å². The molecule has 1 aromatic rings. The van der Waals surface area contributed by atoms with E-state index in [1.807, 2.05) is 0 Å². The lowest BCUT2D eigenvalue weighted by atomic mass is 10.1. The van der Waals surface area contributed by atoms with Gasteiger partial charge in [-0.15, -0.1) is 0 Å². The number of halogens is 3. The zero-order chi connectivity index (χ0) is 15.6. The SMILES string of the molecule is CC(NC(=O)N1CCCC(O)C1)c1c(Cl)ccc(F)c1Cl. The summed E-state index contributed by atoms with van der Waals surface area (Å²) in [5, 5.41) is 12.5. The van der Waals surface area contributed by atoms with E-state index in [0.717, 1.165) is 6.42 Å². The van der Waals surface area contributed by atoms with E-state index in [0.29, 0.717) is 30.1 Å². The predicted molar refractivity (Wildman–Crippen MR) is 80.2 cm³/mol. The molecule has 1 aliphatic heterocycles. The van der Waals surface area contributed by atoms with E-state index in [-0.39, 0.29) is 11.1 Å². The Balaban J connectivity index is 2.09. The zero-order valence-corrected chi connectivity index (χ0v) is 13.1. The van der Waals surface area contributed by atoms with E-state index in [2.05, 4.69) is 5.32 Å². The maximum absolute atomic E-state index is 13.5.